The van der Waals surface area contributed by atoms with E-state index in [0.29, 0.717) is 5.75 Å². The molecule has 0 aromatic heterocycles. The van der Waals surface area contributed by atoms with E-state index in [1.54, 1.807) is 34.3 Å². The van der Waals surface area contributed by atoms with Crippen molar-refractivity contribution in [1.29, 1.82) is 0 Å². The number of methoxy groups -OCH3 is 3. The maximum atomic E-state index is 12.5. The zero-order valence-electron chi connectivity index (χ0n) is 17.4. The number of benzene rings is 2. The molecule has 0 amide bonds. The van der Waals surface area contributed by atoms with Crippen molar-refractivity contribution in [2.75, 3.05) is 21.3 Å². The normalized spacial score (nSPS) is 13.2. The highest BCUT2D eigenvalue weighted by Crippen LogP contribution is 2.23. The molecular weight excluding hydrogens is 372 g/mol. The number of carbonyl (C=O) groups is 1. The molecule has 2 atom stereocenters. The van der Waals surface area contributed by atoms with Crippen molar-refractivity contribution in [3.63, 3.8) is 0 Å². The maximum Gasteiger partial charge on any atom is 0.338 e. The predicted octanol–water partition coefficient (Wildman–Crippen LogP) is 3.34. The van der Waals surface area contributed by atoms with Gasteiger partial charge in [-0.1, -0.05) is 12.1 Å². The zero-order valence-corrected chi connectivity index (χ0v) is 17.4. The van der Waals surface area contributed by atoms with Crippen LogP contribution in [0.1, 0.15) is 31.0 Å². The van der Waals surface area contributed by atoms with Gasteiger partial charge in [-0.3, -0.25) is 5.43 Å². The summed E-state index contributed by atoms with van der Waals surface area (Å²) in [7, 11) is 4.69. The second-order valence-electron chi connectivity index (χ2n) is 6.55. The van der Waals surface area contributed by atoms with Crippen LogP contribution in [-0.4, -0.2) is 45.7 Å². The van der Waals surface area contributed by atoms with Gasteiger partial charge in [0.05, 0.1) is 26.5 Å². The first kappa shape index (κ1) is 22.2. The quantitative estimate of drug-likeness (QED) is 0.374. The molecule has 0 aliphatic rings. The van der Waals surface area contributed by atoms with Crippen molar-refractivity contribution in [1.82, 2.24) is 5.43 Å². The Bertz CT molecular complexity index is 788. The van der Waals surface area contributed by atoms with E-state index < -0.39 is 18.1 Å². The third-order valence-corrected chi connectivity index (χ3v) is 4.16. The monoisotopic (exact) mass is 400 g/mol. The summed E-state index contributed by atoms with van der Waals surface area (Å²) in [5.74, 6) is 1.02. The summed E-state index contributed by atoms with van der Waals surface area (Å²) in [5, 5.41) is 4.31. The molecule has 0 heterocycles. The molecule has 0 radical (unpaired) electrons. The van der Waals surface area contributed by atoms with Crippen LogP contribution in [0.15, 0.2) is 53.6 Å². The Morgan fingerprint density at radius 3 is 1.97 bits per heavy atom. The summed E-state index contributed by atoms with van der Waals surface area (Å²) in [5.41, 5.74) is 4.72. The SMILES string of the molecule is COc1ccc(/C=N/N[C@@H](c2ccc(OC)cc2)[C@@H](OC)C(=O)OC(C)C)cc1. The predicted molar refractivity (Wildman–Crippen MR) is 111 cm³/mol. The second-order valence-corrected chi connectivity index (χ2v) is 6.55. The highest BCUT2D eigenvalue weighted by Gasteiger charge is 2.31. The van der Waals surface area contributed by atoms with E-state index in [2.05, 4.69) is 10.5 Å². The Morgan fingerprint density at radius 1 is 0.931 bits per heavy atom. The fourth-order valence-electron chi connectivity index (χ4n) is 2.68. The van der Waals surface area contributed by atoms with Gasteiger partial charge in [-0.25, -0.2) is 4.79 Å². The molecule has 0 unspecified atom stereocenters. The Kier molecular flexibility index (Phi) is 8.48. The van der Waals surface area contributed by atoms with Gasteiger partial charge in [0.25, 0.3) is 0 Å². The summed E-state index contributed by atoms with van der Waals surface area (Å²) in [4.78, 5) is 12.5. The summed E-state index contributed by atoms with van der Waals surface area (Å²) in [6, 6.07) is 14.3. The molecule has 2 aromatic rings. The lowest BCUT2D eigenvalue weighted by Crippen LogP contribution is -2.39. The van der Waals surface area contributed by atoms with Gasteiger partial charge in [0.1, 0.15) is 17.5 Å². The molecule has 2 aromatic carbocycles. The minimum absolute atomic E-state index is 0.250. The fraction of sp³-hybridized carbons (Fsp3) is 0.364. The molecule has 0 bridgehead atoms. The molecule has 0 spiro atoms. The number of ether oxygens (including phenoxy) is 4. The first-order chi connectivity index (χ1) is 14.0. The topological polar surface area (TPSA) is 78.4 Å². The molecule has 7 heteroatoms. The molecule has 29 heavy (non-hydrogen) atoms. The van der Waals surface area contributed by atoms with Gasteiger partial charge in [-0.05, 0) is 61.4 Å². The zero-order chi connectivity index (χ0) is 21.2. The number of hydrogen-bond donors (Lipinski definition) is 1. The minimum Gasteiger partial charge on any atom is -0.497 e. The largest absolute Gasteiger partial charge is 0.497 e. The van der Waals surface area contributed by atoms with Gasteiger partial charge >= 0.3 is 5.97 Å². The first-order valence-corrected chi connectivity index (χ1v) is 9.28. The number of esters is 1. The highest BCUT2D eigenvalue weighted by molar-refractivity contribution is 5.79. The van der Waals surface area contributed by atoms with Crippen LogP contribution >= 0.6 is 0 Å². The number of hydrazone groups is 1. The van der Waals surface area contributed by atoms with Crippen LogP contribution in [-0.2, 0) is 14.3 Å². The van der Waals surface area contributed by atoms with Crippen LogP contribution in [0.3, 0.4) is 0 Å². The van der Waals surface area contributed by atoms with E-state index in [4.69, 9.17) is 18.9 Å². The van der Waals surface area contributed by atoms with Crippen LogP contribution in [0.4, 0.5) is 0 Å². The lowest BCUT2D eigenvalue weighted by Gasteiger charge is -2.25. The highest BCUT2D eigenvalue weighted by atomic mass is 16.6. The Hall–Kier alpha value is -3.06. The molecule has 0 saturated carbocycles. The molecule has 0 fully saturated rings. The average molecular weight is 400 g/mol. The molecule has 0 saturated heterocycles. The molecule has 0 aliphatic heterocycles. The third-order valence-electron chi connectivity index (χ3n) is 4.16. The van der Waals surface area contributed by atoms with Crippen molar-refractivity contribution in [2.45, 2.75) is 32.1 Å². The van der Waals surface area contributed by atoms with Gasteiger partial charge in [-0.2, -0.15) is 5.10 Å². The van der Waals surface area contributed by atoms with Gasteiger partial charge in [-0.15, -0.1) is 0 Å². The fourth-order valence-corrected chi connectivity index (χ4v) is 2.68. The molecule has 2 rings (SSSR count). The van der Waals surface area contributed by atoms with Crippen LogP contribution in [0.5, 0.6) is 11.5 Å². The number of hydrogen-bond acceptors (Lipinski definition) is 7. The van der Waals surface area contributed by atoms with Gasteiger partial charge in [0.15, 0.2) is 6.10 Å². The average Bonchev–Trinajstić information content (AvgIpc) is 2.73. The maximum absolute atomic E-state index is 12.5. The van der Waals surface area contributed by atoms with Crippen LogP contribution in [0.25, 0.3) is 0 Å². The van der Waals surface area contributed by atoms with Crippen LogP contribution in [0.2, 0.25) is 0 Å². The molecule has 0 aliphatic carbocycles. The number of nitrogens with one attached hydrogen (secondary N) is 1. The Morgan fingerprint density at radius 2 is 1.48 bits per heavy atom. The van der Waals surface area contributed by atoms with E-state index in [9.17, 15) is 4.79 Å². The van der Waals surface area contributed by atoms with Gasteiger partial charge in [0.2, 0.25) is 0 Å². The number of nitrogens with zero attached hydrogens (tertiary/aromatic N) is 1. The van der Waals surface area contributed by atoms with Gasteiger partial charge < -0.3 is 18.9 Å². The van der Waals surface area contributed by atoms with E-state index in [-0.39, 0.29) is 6.10 Å². The summed E-state index contributed by atoms with van der Waals surface area (Å²) >= 11 is 0. The molecule has 156 valence electrons. The lowest BCUT2D eigenvalue weighted by atomic mass is 10.0. The van der Waals surface area contributed by atoms with Crippen molar-refractivity contribution < 1.29 is 23.7 Å². The van der Waals surface area contributed by atoms with Crippen molar-refractivity contribution in [3.8, 4) is 11.5 Å². The van der Waals surface area contributed by atoms with E-state index >= 15 is 0 Å². The second kappa shape index (κ2) is 11.1. The van der Waals surface area contributed by atoms with Crippen LogP contribution in [0, 0.1) is 0 Å². The van der Waals surface area contributed by atoms with Crippen molar-refractivity contribution in [2.24, 2.45) is 5.10 Å². The summed E-state index contributed by atoms with van der Waals surface area (Å²) < 4.78 is 21.2. The molecule has 1 N–H and O–H groups in total. The summed E-state index contributed by atoms with van der Waals surface area (Å²) in [6.45, 7) is 3.59. The Labute approximate surface area is 171 Å². The number of rotatable bonds is 10. The number of carbonyl (C=O) groups excluding carboxylic acids is 1. The van der Waals surface area contributed by atoms with E-state index in [1.165, 1.54) is 7.11 Å². The standard InChI is InChI=1S/C22H28N2O5/c1-15(2)29-22(25)21(28-5)20(17-8-12-19(27-4)13-9-17)24-23-14-16-6-10-18(26-3)11-7-16/h6-15,20-21,24H,1-5H3/b23-14+/t20-,21+/m0/s1. The smallest absolute Gasteiger partial charge is 0.338 e. The summed E-state index contributed by atoms with van der Waals surface area (Å²) in [6.07, 6.45) is 0.537. The van der Waals surface area contributed by atoms with Crippen molar-refractivity contribution in [3.05, 3.63) is 59.7 Å². The van der Waals surface area contributed by atoms with Gasteiger partial charge in [0, 0.05) is 7.11 Å². The lowest BCUT2D eigenvalue weighted by molar-refractivity contribution is -0.161. The molecular formula is C22H28N2O5. The Balaban J connectivity index is 2.24. The van der Waals surface area contributed by atoms with E-state index in [1.807, 2.05) is 48.5 Å². The third kappa shape index (κ3) is 6.50. The molecule has 7 nitrogen and oxygen atoms in total. The van der Waals surface area contributed by atoms with Crippen molar-refractivity contribution >= 4 is 12.2 Å². The van der Waals surface area contributed by atoms with Crippen LogP contribution < -0.4 is 14.9 Å². The van der Waals surface area contributed by atoms with E-state index in [0.717, 1.165) is 16.9 Å². The first-order valence-electron chi connectivity index (χ1n) is 9.28. The minimum atomic E-state index is -0.876.